The Kier molecular flexibility index (Phi) is 13.2. The zero-order valence-electron chi connectivity index (χ0n) is 22.4. The summed E-state index contributed by atoms with van der Waals surface area (Å²) in [6.07, 6.45) is 12.2. The highest BCUT2D eigenvalue weighted by molar-refractivity contribution is 5.95. The molecule has 0 spiro atoms. The minimum atomic E-state index is 0.147. The summed E-state index contributed by atoms with van der Waals surface area (Å²) in [6.45, 7) is 15.9. The monoisotopic (exact) mass is 467 g/mol. The molecule has 0 unspecified atom stereocenters. The third-order valence-electron chi connectivity index (χ3n) is 6.43. The van der Waals surface area contributed by atoms with Crippen LogP contribution in [0.1, 0.15) is 88.2 Å². The highest BCUT2D eigenvalue weighted by atomic mass is 16.5. The first-order valence-corrected chi connectivity index (χ1v) is 12.7. The number of hydrogen-bond donors (Lipinski definition) is 1. The fourth-order valence-electron chi connectivity index (χ4n) is 4.33. The molecule has 1 aliphatic carbocycles. The zero-order valence-corrected chi connectivity index (χ0v) is 22.4. The molecule has 4 nitrogen and oxygen atoms in total. The Morgan fingerprint density at radius 3 is 2.26 bits per heavy atom. The van der Waals surface area contributed by atoms with Crippen LogP contribution in [0.2, 0.25) is 0 Å². The van der Waals surface area contributed by atoms with E-state index in [4.69, 9.17) is 4.74 Å². The molecule has 1 fully saturated rings. The number of benzene rings is 1. The number of Topliss-reactive ketones (excluding diaryl/α,β-unsaturated/α-hetero) is 1. The predicted octanol–water partition coefficient (Wildman–Crippen LogP) is 7.34. The van der Waals surface area contributed by atoms with E-state index in [0.717, 1.165) is 36.4 Å². The Balaban J connectivity index is 0.000000404. The minimum Gasteiger partial charge on any atom is -0.497 e. The molecule has 0 saturated heterocycles. The molecule has 188 valence electrons. The van der Waals surface area contributed by atoms with Gasteiger partial charge in [0.2, 0.25) is 5.91 Å². The molecular weight excluding hydrogens is 422 g/mol. The quantitative estimate of drug-likeness (QED) is 0.235. The molecule has 1 amide bonds. The van der Waals surface area contributed by atoms with Crippen LogP contribution in [0.4, 0.5) is 0 Å². The molecule has 0 heterocycles. The van der Waals surface area contributed by atoms with E-state index in [0.29, 0.717) is 11.7 Å². The van der Waals surface area contributed by atoms with Crippen LogP contribution in [-0.4, -0.2) is 18.8 Å². The Hall–Kier alpha value is -2.62. The smallest absolute Gasteiger partial charge is 0.227 e. The number of hydrogen-bond acceptors (Lipinski definition) is 3. The van der Waals surface area contributed by atoms with Crippen molar-refractivity contribution in [3.05, 3.63) is 71.2 Å². The lowest BCUT2D eigenvalue weighted by atomic mass is 9.80. The average Bonchev–Trinajstić information content (AvgIpc) is 2.82. The maximum absolute atomic E-state index is 12.5. The van der Waals surface area contributed by atoms with Crippen LogP contribution in [0, 0.1) is 24.7 Å². The summed E-state index contributed by atoms with van der Waals surface area (Å²) in [6, 6.07) is 5.88. The van der Waals surface area contributed by atoms with Crippen LogP contribution in [-0.2, 0) is 16.0 Å². The molecular formula is C30H45NO3. The van der Waals surface area contributed by atoms with Gasteiger partial charge in [-0.3, -0.25) is 9.59 Å². The Bertz CT molecular complexity index is 871. The van der Waals surface area contributed by atoms with Crippen molar-refractivity contribution in [3.63, 3.8) is 0 Å². The van der Waals surface area contributed by atoms with Gasteiger partial charge in [-0.1, -0.05) is 65.0 Å². The second-order valence-electron chi connectivity index (χ2n) is 9.50. The number of methoxy groups -OCH3 is 1. The highest BCUT2D eigenvalue weighted by Gasteiger charge is 2.25. The van der Waals surface area contributed by atoms with E-state index in [9.17, 15) is 9.59 Å². The normalized spacial score (nSPS) is 18.3. The number of aryl methyl sites for hydroxylation is 1. The van der Waals surface area contributed by atoms with Gasteiger partial charge in [0, 0.05) is 17.2 Å². The SMILES string of the molecule is C=C(/C=C\C(=C/C(C)C)NC(=O)C1CCC(CC)CC1)OC.CCc1c(C)cccc1C(C)=O. The van der Waals surface area contributed by atoms with Crippen LogP contribution in [0.3, 0.4) is 0 Å². The van der Waals surface area contributed by atoms with E-state index in [1.165, 1.54) is 30.4 Å². The van der Waals surface area contributed by atoms with Gasteiger partial charge < -0.3 is 10.1 Å². The Labute approximate surface area is 207 Å². The second-order valence-corrected chi connectivity index (χ2v) is 9.50. The molecule has 0 atom stereocenters. The molecule has 0 aliphatic heterocycles. The van der Waals surface area contributed by atoms with Crippen LogP contribution >= 0.6 is 0 Å². The van der Waals surface area contributed by atoms with E-state index in [1.807, 2.05) is 31.2 Å². The van der Waals surface area contributed by atoms with Crippen LogP contribution < -0.4 is 5.32 Å². The second kappa shape index (κ2) is 15.3. The molecule has 1 aromatic carbocycles. The summed E-state index contributed by atoms with van der Waals surface area (Å²) in [7, 11) is 1.59. The van der Waals surface area contributed by atoms with Gasteiger partial charge in [-0.2, -0.15) is 0 Å². The van der Waals surface area contributed by atoms with E-state index in [2.05, 4.69) is 45.7 Å². The molecule has 34 heavy (non-hydrogen) atoms. The first kappa shape index (κ1) is 29.4. The largest absolute Gasteiger partial charge is 0.497 e. The first-order valence-electron chi connectivity index (χ1n) is 12.7. The van der Waals surface area contributed by atoms with Gasteiger partial charge in [0.25, 0.3) is 0 Å². The third-order valence-corrected chi connectivity index (χ3v) is 6.43. The summed E-state index contributed by atoms with van der Waals surface area (Å²) in [4.78, 5) is 23.6. The number of allylic oxidation sites excluding steroid dienone is 3. The zero-order chi connectivity index (χ0) is 25.7. The molecule has 1 N–H and O–H groups in total. The highest BCUT2D eigenvalue weighted by Crippen LogP contribution is 2.30. The summed E-state index contributed by atoms with van der Waals surface area (Å²) in [5.74, 6) is 2.21. The lowest BCUT2D eigenvalue weighted by Crippen LogP contribution is -2.32. The molecule has 1 saturated carbocycles. The van der Waals surface area contributed by atoms with Gasteiger partial charge in [-0.05, 0) is 81.1 Å². The number of nitrogens with one attached hydrogen (secondary N) is 1. The van der Waals surface area contributed by atoms with E-state index in [-0.39, 0.29) is 17.6 Å². The van der Waals surface area contributed by atoms with Crippen LogP contribution in [0.15, 0.2) is 54.5 Å². The van der Waals surface area contributed by atoms with Crippen molar-refractivity contribution in [1.82, 2.24) is 5.32 Å². The fraction of sp³-hybridized carbons (Fsp3) is 0.533. The maximum Gasteiger partial charge on any atom is 0.227 e. The van der Waals surface area contributed by atoms with Gasteiger partial charge in [0.05, 0.1) is 7.11 Å². The Morgan fingerprint density at radius 2 is 1.79 bits per heavy atom. The number of carbonyl (C=O) groups is 2. The van der Waals surface area contributed by atoms with E-state index in [1.54, 1.807) is 20.1 Å². The van der Waals surface area contributed by atoms with Gasteiger partial charge in [0.1, 0.15) is 5.76 Å². The van der Waals surface area contributed by atoms with Crippen LogP contribution in [0.25, 0.3) is 0 Å². The molecule has 1 aromatic rings. The van der Waals surface area contributed by atoms with Crippen molar-refractivity contribution in [3.8, 4) is 0 Å². The number of ether oxygens (including phenoxy) is 1. The molecule has 0 aromatic heterocycles. The number of ketones is 1. The third kappa shape index (κ3) is 10.1. The van der Waals surface area contributed by atoms with E-state index < -0.39 is 0 Å². The van der Waals surface area contributed by atoms with Crippen molar-refractivity contribution in [2.75, 3.05) is 7.11 Å². The van der Waals surface area contributed by atoms with Crippen molar-refractivity contribution < 1.29 is 14.3 Å². The number of amides is 1. The minimum absolute atomic E-state index is 0.147. The lowest BCUT2D eigenvalue weighted by Gasteiger charge is -2.27. The number of carbonyl (C=O) groups excluding carboxylic acids is 2. The topological polar surface area (TPSA) is 55.4 Å². The summed E-state index contributed by atoms with van der Waals surface area (Å²) < 4.78 is 5.03. The van der Waals surface area contributed by atoms with Gasteiger partial charge in [0.15, 0.2) is 5.78 Å². The predicted molar refractivity (Wildman–Crippen MR) is 143 cm³/mol. The molecule has 2 rings (SSSR count). The average molecular weight is 468 g/mol. The van der Waals surface area contributed by atoms with Gasteiger partial charge in [-0.25, -0.2) is 0 Å². The van der Waals surface area contributed by atoms with Gasteiger partial charge >= 0.3 is 0 Å². The Morgan fingerprint density at radius 1 is 1.15 bits per heavy atom. The summed E-state index contributed by atoms with van der Waals surface area (Å²) in [5.41, 5.74) is 4.10. The van der Waals surface area contributed by atoms with Gasteiger partial charge in [-0.15, -0.1) is 0 Å². The number of rotatable bonds is 9. The standard InChI is InChI=1S/C19H31NO2.C11H14O/c1-6-16-8-10-17(11-9-16)19(21)20-18(13-14(2)3)12-7-15(4)22-5;1-4-10-8(2)6-5-7-11(10)9(3)12/h7,12-14,16-17H,4,6,8-11H2,1-3,5H3,(H,20,21);5-7H,4H2,1-3H3/b12-7-,18-13+;. The molecule has 1 aliphatic rings. The van der Waals surface area contributed by atoms with Crippen molar-refractivity contribution in [1.29, 1.82) is 0 Å². The van der Waals surface area contributed by atoms with Crippen molar-refractivity contribution in [2.24, 2.45) is 17.8 Å². The molecule has 4 heteroatoms. The van der Waals surface area contributed by atoms with Crippen molar-refractivity contribution in [2.45, 2.75) is 80.1 Å². The first-order chi connectivity index (χ1) is 16.1. The molecule has 0 bridgehead atoms. The van der Waals surface area contributed by atoms with E-state index >= 15 is 0 Å². The fourth-order valence-corrected chi connectivity index (χ4v) is 4.33. The summed E-state index contributed by atoms with van der Waals surface area (Å²) in [5, 5.41) is 3.07. The lowest BCUT2D eigenvalue weighted by molar-refractivity contribution is -0.125. The molecule has 0 radical (unpaired) electrons. The summed E-state index contributed by atoms with van der Waals surface area (Å²) >= 11 is 0. The van der Waals surface area contributed by atoms with Crippen molar-refractivity contribution >= 4 is 11.7 Å². The van der Waals surface area contributed by atoms with Crippen LogP contribution in [0.5, 0.6) is 0 Å². The maximum atomic E-state index is 12.5.